The van der Waals surface area contributed by atoms with Crippen molar-refractivity contribution in [3.05, 3.63) is 29.8 Å². The van der Waals surface area contributed by atoms with Gasteiger partial charge in [-0.15, -0.1) is 0 Å². The topological polar surface area (TPSA) is 46.6 Å². The van der Waals surface area contributed by atoms with Crippen molar-refractivity contribution < 1.29 is 27.5 Å². The fourth-order valence-electron chi connectivity index (χ4n) is 3.79. The van der Waals surface area contributed by atoms with Crippen molar-refractivity contribution in [2.45, 2.75) is 31.2 Å². The number of ether oxygens (including phenoxy) is 1. The summed E-state index contributed by atoms with van der Waals surface area (Å²) in [5, 5.41) is 0. The van der Waals surface area contributed by atoms with Crippen LogP contribution in [0.1, 0.15) is 18.4 Å². The van der Waals surface area contributed by atoms with Gasteiger partial charge in [-0.1, -0.05) is 6.07 Å². The van der Waals surface area contributed by atoms with Crippen molar-refractivity contribution in [2.75, 3.05) is 4.90 Å². The molecule has 2 bridgehead atoms. The molecule has 0 unspecified atom stereocenters. The molecule has 0 aliphatic carbocycles. The van der Waals surface area contributed by atoms with E-state index in [1.807, 2.05) is 0 Å². The van der Waals surface area contributed by atoms with Gasteiger partial charge in [-0.25, -0.2) is 4.90 Å². The summed E-state index contributed by atoms with van der Waals surface area (Å²) in [4.78, 5) is 25.9. The standard InChI is InChI=1S/C15H12F3NO3/c16-15(17,18)7-2-1-3-8(6-7)19-13(20)11-9-4-5-10(22-9)12(11)14(19)21/h1-3,6,9-12H,4-5H2/t9-,10+,11+,12-. The Morgan fingerprint density at radius 1 is 1.05 bits per heavy atom. The highest BCUT2D eigenvalue weighted by molar-refractivity contribution is 6.22. The van der Waals surface area contributed by atoms with E-state index in [1.54, 1.807) is 0 Å². The largest absolute Gasteiger partial charge is 0.416 e. The quantitative estimate of drug-likeness (QED) is 0.748. The van der Waals surface area contributed by atoms with Crippen LogP contribution in [-0.4, -0.2) is 24.0 Å². The SMILES string of the molecule is O=C1[C@@H]2[C@H](C(=O)N1c1cccc(C(F)(F)F)c1)[C@@H]1CC[C@H]2O1. The van der Waals surface area contributed by atoms with Gasteiger partial charge in [0.2, 0.25) is 11.8 Å². The van der Waals surface area contributed by atoms with E-state index in [4.69, 9.17) is 4.74 Å². The smallest absolute Gasteiger partial charge is 0.373 e. The van der Waals surface area contributed by atoms with Gasteiger partial charge >= 0.3 is 6.18 Å². The molecular formula is C15H12F3NO3. The average Bonchev–Trinajstić information content (AvgIpc) is 3.12. The molecule has 22 heavy (non-hydrogen) atoms. The van der Waals surface area contributed by atoms with E-state index < -0.39 is 35.4 Å². The highest BCUT2D eigenvalue weighted by Crippen LogP contribution is 2.49. The second kappa shape index (κ2) is 4.32. The molecule has 7 heteroatoms. The number of imide groups is 1. The fraction of sp³-hybridized carbons (Fsp3) is 0.467. The first-order valence-corrected chi connectivity index (χ1v) is 7.08. The van der Waals surface area contributed by atoms with Crippen molar-refractivity contribution in [3.8, 4) is 0 Å². The van der Waals surface area contributed by atoms with Gasteiger partial charge in [0.25, 0.3) is 0 Å². The molecule has 116 valence electrons. The number of benzene rings is 1. The molecule has 0 aromatic heterocycles. The molecule has 3 fully saturated rings. The summed E-state index contributed by atoms with van der Waals surface area (Å²) in [5.41, 5.74) is -0.888. The zero-order valence-electron chi connectivity index (χ0n) is 11.3. The van der Waals surface area contributed by atoms with E-state index in [-0.39, 0.29) is 17.9 Å². The van der Waals surface area contributed by atoms with Crippen LogP contribution in [0.15, 0.2) is 24.3 Å². The van der Waals surface area contributed by atoms with E-state index >= 15 is 0 Å². The van der Waals surface area contributed by atoms with Gasteiger partial charge in [0.15, 0.2) is 0 Å². The molecule has 0 spiro atoms. The van der Waals surface area contributed by atoms with Crippen molar-refractivity contribution in [1.29, 1.82) is 0 Å². The van der Waals surface area contributed by atoms with E-state index in [2.05, 4.69) is 0 Å². The Labute approximate surface area is 123 Å². The zero-order chi connectivity index (χ0) is 15.6. The highest BCUT2D eigenvalue weighted by atomic mass is 19.4. The molecule has 0 radical (unpaired) electrons. The van der Waals surface area contributed by atoms with Crippen LogP contribution in [0.2, 0.25) is 0 Å². The molecule has 0 N–H and O–H groups in total. The number of carbonyl (C=O) groups excluding carboxylic acids is 2. The molecule has 2 amide bonds. The molecule has 4 nitrogen and oxygen atoms in total. The van der Waals surface area contributed by atoms with Gasteiger partial charge in [0.1, 0.15) is 0 Å². The summed E-state index contributed by atoms with van der Waals surface area (Å²) in [6.07, 6.45) is -3.62. The Bertz CT molecular complexity index is 644. The minimum absolute atomic E-state index is 0.0152. The van der Waals surface area contributed by atoms with Crippen LogP contribution in [0, 0.1) is 11.8 Å². The van der Waals surface area contributed by atoms with Gasteiger partial charge in [0, 0.05) is 0 Å². The summed E-state index contributed by atoms with van der Waals surface area (Å²) >= 11 is 0. The third kappa shape index (κ3) is 1.75. The lowest BCUT2D eigenvalue weighted by molar-refractivity contribution is -0.137. The van der Waals surface area contributed by atoms with Crippen LogP contribution in [0.4, 0.5) is 18.9 Å². The van der Waals surface area contributed by atoms with Gasteiger partial charge in [-0.3, -0.25) is 9.59 Å². The Balaban J connectivity index is 1.72. The lowest BCUT2D eigenvalue weighted by Crippen LogP contribution is -2.34. The monoisotopic (exact) mass is 311 g/mol. The normalized spacial score (nSPS) is 33.7. The van der Waals surface area contributed by atoms with Gasteiger partial charge in [0.05, 0.1) is 35.3 Å². The minimum Gasteiger partial charge on any atom is -0.373 e. The second-order valence-electron chi connectivity index (χ2n) is 5.90. The van der Waals surface area contributed by atoms with E-state index in [1.165, 1.54) is 12.1 Å². The average molecular weight is 311 g/mol. The molecule has 3 aliphatic heterocycles. The summed E-state index contributed by atoms with van der Waals surface area (Å²) < 4.78 is 44.0. The number of hydrogen-bond acceptors (Lipinski definition) is 3. The maximum atomic E-state index is 12.8. The Morgan fingerprint density at radius 2 is 1.64 bits per heavy atom. The summed E-state index contributed by atoms with van der Waals surface area (Å²) in [6.45, 7) is 0. The molecule has 0 saturated carbocycles. The van der Waals surface area contributed by atoms with Crippen molar-refractivity contribution in [3.63, 3.8) is 0 Å². The van der Waals surface area contributed by atoms with Gasteiger partial charge in [-0.2, -0.15) is 13.2 Å². The molecule has 3 aliphatic rings. The zero-order valence-corrected chi connectivity index (χ0v) is 11.3. The number of rotatable bonds is 1. The van der Waals surface area contributed by atoms with Crippen LogP contribution in [0.5, 0.6) is 0 Å². The van der Waals surface area contributed by atoms with Crippen molar-refractivity contribution in [2.24, 2.45) is 11.8 Å². The third-order valence-electron chi connectivity index (χ3n) is 4.72. The molecule has 3 saturated heterocycles. The van der Waals surface area contributed by atoms with Crippen LogP contribution in [0.3, 0.4) is 0 Å². The summed E-state index contributed by atoms with van der Waals surface area (Å²) in [6, 6.07) is 4.33. The summed E-state index contributed by atoms with van der Waals surface area (Å²) in [5.74, 6) is -1.97. The first kappa shape index (κ1) is 13.8. The Morgan fingerprint density at radius 3 is 2.18 bits per heavy atom. The van der Waals surface area contributed by atoms with Gasteiger partial charge in [-0.05, 0) is 31.0 Å². The fourth-order valence-corrected chi connectivity index (χ4v) is 3.79. The molecule has 4 rings (SSSR count). The van der Waals surface area contributed by atoms with Crippen LogP contribution >= 0.6 is 0 Å². The second-order valence-corrected chi connectivity index (χ2v) is 5.90. The molecular weight excluding hydrogens is 299 g/mol. The highest BCUT2D eigenvalue weighted by Gasteiger charge is 2.62. The lowest BCUT2D eigenvalue weighted by Gasteiger charge is -2.18. The van der Waals surface area contributed by atoms with Crippen molar-refractivity contribution in [1.82, 2.24) is 0 Å². The predicted molar refractivity (Wildman–Crippen MR) is 68.8 cm³/mol. The molecule has 1 aromatic rings. The molecule has 4 atom stereocenters. The number of hydrogen-bond donors (Lipinski definition) is 0. The summed E-state index contributed by atoms with van der Waals surface area (Å²) in [7, 11) is 0. The number of anilines is 1. The van der Waals surface area contributed by atoms with E-state index in [9.17, 15) is 22.8 Å². The minimum atomic E-state index is -4.51. The number of fused-ring (bicyclic) bond motifs is 5. The first-order valence-electron chi connectivity index (χ1n) is 7.08. The number of nitrogens with zero attached hydrogens (tertiary/aromatic N) is 1. The lowest BCUT2D eigenvalue weighted by atomic mass is 9.81. The predicted octanol–water partition coefficient (Wildman–Crippen LogP) is 2.37. The van der Waals surface area contributed by atoms with Crippen molar-refractivity contribution >= 4 is 17.5 Å². The van der Waals surface area contributed by atoms with Gasteiger partial charge < -0.3 is 4.74 Å². The Hall–Kier alpha value is -1.89. The number of alkyl halides is 3. The van der Waals surface area contributed by atoms with Crippen LogP contribution < -0.4 is 4.90 Å². The Kier molecular flexibility index (Phi) is 2.70. The maximum absolute atomic E-state index is 12.8. The molecule has 1 aromatic carbocycles. The number of amides is 2. The first-order chi connectivity index (χ1) is 10.4. The number of carbonyl (C=O) groups is 2. The van der Waals surface area contributed by atoms with Crippen LogP contribution in [0.25, 0.3) is 0 Å². The van der Waals surface area contributed by atoms with Crippen LogP contribution in [-0.2, 0) is 20.5 Å². The third-order valence-corrected chi connectivity index (χ3v) is 4.72. The van der Waals surface area contributed by atoms with E-state index in [0.717, 1.165) is 29.9 Å². The molecule has 3 heterocycles. The van der Waals surface area contributed by atoms with E-state index in [0.29, 0.717) is 0 Å². The number of halogens is 3. The maximum Gasteiger partial charge on any atom is 0.416 e.